The van der Waals surface area contributed by atoms with Gasteiger partial charge in [0.1, 0.15) is 23.5 Å². The summed E-state index contributed by atoms with van der Waals surface area (Å²) in [6.45, 7) is 7.60. The van der Waals surface area contributed by atoms with Gasteiger partial charge in [-0.2, -0.15) is 5.09 Å². The second-order valence-corrected chi connectivity index (χ2v) is 10.5. The molecular formula is C23H32FN4O8P. The second kappa shape index (κ2) is 11.7. The van der Waals surface area contributed by atoms with E-state index in [9.17, 15) is 19.3 Å². The fraction of sp³-hybridized carbons (Fsp3) is 0.478. The van der Waals surface area contributed by atoms with Gasteiger partial charge in [-0.3, -0.25) is 14.2 Å². The van der Waals surface area contributed by atoms with Crippen LogP contribution in [0.5, 0.6) is 5.75 Å². The van der Waals surface area contributed by atoms with E-state index in [2.05, 4.69) is 17.0 Å². The Labute approximate surface area is 214 Å². The highest BCUT2D eigenvalue weighted by Crippen LogP contribution is 2.47. The number of aliphatic hydroxyl groups excluding tert-OH is 1. The summed E-state index contributed by atoms with van der Waals surface area (Å²) in [5, 5.41) is 15.6. The molecule has 37 heavy (non-hydrogen) atoms. The zero-order valence-electron chi connectivity index (χ0n) is 20.7. The number of amides is 2. The normalized spacial score (nSPS) is 29.9. The number of nitrogens with two attached hydrogens (primary N) is 1. The number of ether oxygens (including phenoxy) is 2. The minimum absolute atomic E-state index is 0.149. The van der Waals surface area contributed by atoms with Gasteiger partial charge >= 0.3 is 19.7 Å². The number of nitrogens with one attached hydrogen (secondary N) is 2. The van der Waals surface area contributed by atoms with Crippen molar-refractivity contribution in [1.29, 1.82) is 0 Å². The van der Waals surface area contributed by atoms with Crippen molar-refractivity contribution in [1.82, 2.24) is 15.3 Å². The van der Waals surface area contributed by atoms with Gasteiger partial charge in [0.05, 0.1) is 18.9 Å². The lowest BCUT2D eigenvalue weighted by Gasteiger charge is -2.33. The average molecular weight is 543 g/mol. The molecule has 0 aliphatic carbocycles. The highest BCUT2D eigenvalue weighted by Gasteiger charge is 2.57. The summed E-state index contributed by atoms with van der Waals surface area (Å²) in [6, 6.07) is 6.13. The first kappa shape index (κ1) is 28.8. The minimum Gasteiger partial charge on any atom is -0.462 e. The maximum absolute atomic E-state index is 15.2. The molecule has 14 heteroatoms. The number of benzene rings is 1. The van der Waals surface area contributed by atoms with Crippen LogP contribution in [0.4, 0.5) is 9.18 Å². The van der Waals surface area contributed by atoms with E-state index < -0.39 is 68.8 Å². The molecule has 0 aromatic heterocycles. The van der Waals surface area contributed by atoms with Crippen molar-refractivity contribution in [2.75, 3.05) is 6.61 Å². The van der Waals surface area contributed by atoms with Crippen molar-refractivity contribution in [2.24, 2.45) is 5.73 Å². The van der Waals surface area contributed by atoms with Crippen LogP contribution in [0, 0.1) is 0 Å². The van der Waals surface area contributed by atoms with E-state index in [0.717, 1.165) is 11.0 Å². The first-order chi connectivity index (χ1) is 17.4. The van der Waals surface area contributed by atoms with E-state index in [1.54, 1.807) is 32.0 Å². The topological polar surface area (TPSA) is 162 Å². The van der Waals surface area contributed by atoms with Crippen LogP contribution in [-0.2, 0) is 23.4 Å². The van der Waals surface area contributed by atoms with Crippen molar-refractivity contribution in [3.63, 3.8) is 0 Å². The van der Waals surface area contributed by atoms with Gasteiger partial charge in [-0.05, 0) is 39.0 Å². The first-order valence-electron chi connectivity index (χ1n) is 11.5. The number of carbonyl (C=O) groups excluding carboxylic acids is 2. The molecule has 2 heterocycles. The Morgan fingerprint density at radius 1 is 1.41 bits per heavy atom. The predicted molar refractivity (Wildman–Crippen MR) is 131 cm³/mol. The molecule has 0 saturated carbocycles. The number of carbonyl (C=O) groups is 2. The van der Waals surface area contributed by atoms with E-state index in [0.29, 0.717) is 0 Å². The standard InChI is InChI=1S/C23H32FN4O8P/c1-5-23(19(29)18(24)20(35-23)28-12-11-17(25)26-22(28)31)13-33-37(32,36-16-9-7-6-8-10-16)27-15(4)21(30)34-14(2)3/h5-12,14-15,17-20,29H,1,13,25H2,2-4H3,(H,26,31)(H,27,32)/t15?,17?,18-,19+,20-,23-,37?/m1/s1. The molecule has 3 unspecified atom stereocenters. The molecule has 1 aromatic carbocycles. The van der Waals surface area contributed by atoms with Gasteiger partial charge in [-0.15, -0.1) is 6.58 Å². The molecule has 2 amide bonds. The summed E-state index contributed by atoms with van der Waals surface area (Å²) in [7, 11) is -4.36. The number of hydrogen-bond donors (Lipinski definition) is 4. The molecule has 0 radical (unpaired) electrons. The minimum atomic E-state index is -4.36. The average Bonchev–Trinajstić information content (AvgIpc) is 3.08. The Morgan fingerprint density at radius 3 is 2.68 bits per heavy atom. The largest absolute Gasteiger partial charge is 0.462 e. The van der Waals surface area contributed by atoms with Gasteiger partial charge in [0.2, 0.25) is 0 Å². The smallest absolute Gasteiger partial charge is 0.459 e. The molecule has 0 spiro atoms. The van der Waals surface area contributed by atoms with Crippen molar-refractivity contribution < 1.29 is 42.2 Å². The van der Waals surface area contributed by atoms with Crippen LogP contribution < -0.4 is 20.7 Å². The van der Waals surface area contributed by atoms with Crippen LogP contribution in [-0.4, -0.2) is 71.0 Å². The number of alkyl halides is 1. The van der Waals surface area contributed by atoms with Crippen LogP contribution in [0.3, 0.4) is 0 Å². The van der Waals surface area contributed by atoms with Crippen LogP contribution in [0.15, 0.2) is 55.3 Å². The third kappa shape index (κ3) is 6.75. The summed E-state index contributed by atoms with van der Waals surface area (Å²) < 4.78 is 50.9. The first-order valence-corrected chi connectivity index (χ1v) is 13.1. The molecule has 1 fully saturated rings. The van der Waals surface area contributed by atoms with Crippen LogP contribution in [0.1, 0.15) is 20.8 Å². The third-order valence-electron chi connectivity index (χ3n) is 5.50. The Kier molecular flexibility index (Phi) is 9.11. The fourth-order valence-electron chi connectivity index (χ4n) is 3.58. The lowest BCUT2D eigenvalue weighted by atomic mass is 9.97. The van der Waals surface area contributed by atoms with Crippen molar-refractivity contribution in [3.8, 4) is 5.75 Å². The number of esters is 1. The Bertz CT molecular complexity index is 1060. The number of rotatable bonds is 11. The van der Waals surface area contributed by atoms with Gasteiger partial charge < -0.3 is 30.2 Å². The molecule has 204 valence electrons. The van der Waals surface area contributed by atoms with Gasteiger partial charge in [0.15, 0.2) is 12.4 Å². The lowest BCUT2D eigenvalue weighted by molar-refractivity contribution is -0.149. The number of hydrogen-bond acceptors (Lipinski definition) is 9. The SMILES string of the molecule is C=C[C@]1(COP(=O)(NC(C)C(=O)OC(C)C)Oc2ccccc2)O[C@@H](N2C=CC(N)NC2=O)[C@H](F)[C@@H]1O. The van der Waals surface area contributed by atoms with Crippen LogP contribution >= 0.6 is 7.75 Å². The molecule has 0 bridgehead atoms. The van der Waals surface area contributed by atoms with E-state index in [1.165, 1.54) is 31.3 Å². The van der Waals surface area contributed by atoms with Gasteiger partial charge in [0, 0.05) is 6.20 Å². The zero-order chi connectivity index (χ0) is 27.4. The van der Waals surface area contributed by atoms with Gasteiger partial charge in [0.25, 0.3) is 0 Å². The lowest BCUT2D eigenvalue weighted by Crippen LogP contribution is -2.54. The molecule has 7 atom stereocenters. The highest BCUT2D eigenvalue weighted by atomic mass is 31.2. The third-order valence-corrected chi connectivity index (χ3v) is 7.12. The highest BCUT2D eigenvalue weighted by molar-refractivity contribution is 7.52. The molecule has 1 aromatic rings. The van der Waals surface area contributed by atoms with E-state index in [1.807, 2.05) is 0 Å². The molecule has 3 rings (SSSR count). The summed E-state index contributed by atoms with van der Waals surface area (Å²) in [5.74, 6) is -0.563. The zero-order valence-corrected chi connectivity index (χ0v) is 21.5. The van der Waals surface area contributed by atoms with Gasteiger partial charge in [-0.25, -0.2) is 13.8 Å². The van der Waals surface area contributed by atoms with Gasteiger partial charge in [-0.1, -0.05) is 24.3 Å². The molecule has 5 N–H and O–H groups in total. The number of aliphatic hydroxyl groups is 1. The van der Waals surface area contributed by atoms with E-state index in [4.69, 9.17) is 24.3 Å². The summed E-state index contributed by atoms with van der Waals surface area (Å²) in [4.78, 5) is 25.5. The van der Waals surface area contributed by atoms with E-state index in [-0.39, 0.29) is 5.75 Å². The maximum Gasteiger partial charge on any atom is 0.459 e. The van der Waals surface area contributed by atoms with E-state index >= 15 is 4.39 Å². The second-order valence-electron chi connectivity index (χ2n) is 8.79. The van der Waals surface area contributed by atoms with Crippen molar-refractivity contribution in [3.05, 3.63) is 55.3 Å². The molecule has 12 nitrogen and oxygen atoms in total. The molecule has 2 aliphatic rings. The monoisotopic (exact) mass is 542 g/mol. The Morgan fingerprint density at radius 2 is 2.08 bits per heavy atom. The maximum atomic E-state index is 15.2. The number of halogens is 1. The fourth-order valence-corrected chi connectivity index (χ4v) is 5.11. The molecular weight excluding hydrogens is 510 g/mol. The number of urea groups is 1. The van der Waals surface area contributed by atoms with Crippen molar-refractivity contribution >= 4 is 19.7 Å². The number of nitrogens with zero attached hydrogens (tertiary/aromatic N) is 1. The molecule has 2 aliphatic heterocycles. The predicted octanol–water partition coefficient (Wildman–Crippen LogP) is 1.92. The van der Waals surface area contributed by atoms with Crippen LogP contribution in [0.2, 0.25) is 0 Å². The molecule has 1 saturated heterocycles. The van der Waals surface area contributed by atoms with Crippen LogP contribution in [0.25, 0.3) is 0 Å². The Hall–Kier alpha value is -2.80. The summed E-state index contributed by atoms with van der Waals surface area (Å²) in [5.41, 5.74) is 3.69. The quantitative estimate of drug-likeness (QED) is 0.185. The van der Waals surface area contributed by atoms with Crippen molar-refractivity contribution in [2.45, 2.75) is 63.2 Å². The summed E-state index contributed by atoms with van der Waals surface area (Å²) in [6.07, 6.45) is -2.98. The summed E-state index contributed by atoms with van der Waals surface area (Å²) >= 11 is 0. The Balaban J connectivity index is 1.82. The number of para-hydroxylation sites is 1.